The third kappa shape index (κ3) is 3.24. The van der Waals surface area contributed by atoms with Gasteiger partial charge >= 0.3 is 0 Å². The Morgan fingerprint density at radius 3 is 2.47 bits per heavy atom. The Hall–Kier alpha value is -1.61. The summed E-state index contributed by atoms with van der Waals surface area (Å²) >= 11 is 6.22. The first-order chi connectivity index (χ1) is 9.11. The Morgan fingerprint density at radius 2 is 1.84 bits per heavy atom. The molecule has 0 bridgehead atoms. The van der Waals surface area contributed by atoms with E-state index in [4.69, 9.17) is 11.6 Å². The van der Waals surface area contributed by atoms with E-state index in [1.165, 1.54) is 17.5 Å². The highest BCUT2D eigenvalue weighted by atomic mass is 35.5. The number of benzene rings is 1. The largest absolute Gasteiger partial charge is 0.362 e. The van der Waals surface area contributed by atoms with Crippen LogP contribution in [0.4, 0.5) is 5.82 Å². The van der Waals surface area contributed by atoms with Gasteiger partial charge in [0.2, 0.25) is 0 Å². The molecule has 1 atom stereocenters. The molecule has 4 heteroatoms. The lowest BCUT2D eigenvalue weighted by atomic mass is 10.0. The van der Waals surface area contributed by atoms with Gasteiger partial charge in [0.15, 0.2) is 0 Å². The second kappa shape index (κ2) is 6.02. The lowest BCUT2D eigenvalue weighted by Crippen LogP contribution is -2.11. The van der Waals surface area contributed by atoms with Crippen molar-refractivity contribution in [1.29, 1.82) is 0 Å². The van der Waals surface area contributed by atoms with Gasteiger partial charge in [0, 0.05) is 0 Å². The molecule has 1 aromatic heterocycles. The van der Waals surface area contributed by atoms with E-state index in [0.29, 0.717) is 10.8 Å². The minimum absolute atomic E-state index is 0.201. The summed E-state index contributed by atoms with van der Waals surface area (Å²) in [6.45, 7) is 6.10. The van der Waals surface area contributed by atoms with Crippen molar-refractivity contribution in [2.24, 2.45) is 0 Å². The highest BCUT2D eigenvalue weighted by Gasteiger charge is 2.13. The fourth-order valence-corrected chi connectivity index (χ4v) is 2.10. The van der Waals surface area contributed by atoms with Crippen LogP contribution >= 0.6 is 11.6 Å². The van der Waals surface area contributed by atoms with E-state index >= 15 is 0 Å². The molecule has 100 valence electrons. The average Bonchev–Trinajstić information content (AvgIpc) is 2.42. The molecule has 0 aliphatic carbocycles. The average molecular weight is 276 g/mol. The summed E-state index contributed by atoms with van der Waals surface area (Å²) in [6, 6.07) is 8.71. The lowest BCUT2D eigenvalue weighted by Gasteiger charge is -2.19. The first-order valence-electron chi connectivity index (χ1n) is 6.42. The van der Waals surface area contributed by atoms with Gasteiger partial charge in [-0.2, -0.15) is 0 Å². The Labute approximate surface area is 119 Å². The molecule has 0 saturated heterocycles. The smallest absolute Gasteiger partial charge is 0.148 e. The van der Waals surface area contributed by atoms with Crippen LogP contribution in [0.5, 0.6) is 0 Å². The second-order valence-corrected chi connectivity index (χ2v) is 5.02. The van der Waals surface area contributed by atoms with Gasteiger partial charge in [-0.3, -0.25) is 0 Å². The van der Waals surface area contributed by atoms with E-state index < -0.39 is 0 Å². The van der Waals surface area contributed by atoms with E-state index in [0.717, 1.165) is 12.1 Å². The van der Waals surface area contributed by atoms with Gasteiger partial charge in [0.25, 0.3) is 0 Å². The van der Waals surface area contributed by atoms with Crippen LogP contribution in [0, 0.1) is 13.8 Å². The SMILES string of the molecule is CCC(Nc1ncnc(C)c1Cl)c1ccc(C)cc1. The van der Waals surface area contributed by atoms with Crippen LogP contribution in [0.2, 0.25) is 5.02 Å². The van der Waals surface area contributed by atoms with Crippen LogP contribution in [0.15, 0.2) is 30.6 Å². The molecule has 0 saturated carbocycles. The highest BCUT2D eigenvalue weighted by molar-refractivity contribution is 6.33. The van der Waals surface area contributed by atoms with Gasteiger partial charge in [-0.25, -0.2) is 9.97 Å². The van der Waals surface area contributed by atoms with E-state index in [1.807, 2.05) is 6.92 Å². The topological polar surface area (TPSA) is 37.8 Å². The quantitative estimate of drug-likeness (QED) is 0.903. The van der Waals surface area contributed by atoms with Crippen molar-refractivity contribution in [2.75, 3.05) is 5.32 Å². The van der Waals surface area contributed by atoms with Crippen LogP contribution in [-0.2, 0) is 0 Å². The Kier molecular flexibility index (Phi) is 4.38. The van der Waals surface area contributed by atoms with Crippen molar-refractivity contribution in [3.8, 4) is 0 Å². The number of nitrogens with one attached hydrogen (secondary N) is 1. The van der Waals surface area contributed by atoms with Gasteiger partial charge in [0.1, 0.15) is 17.2 Å². The molecule has 0 aliphatic rings. The molecular formula is C15H18ClN3. The summed E-state index contributed by atoms with van der Waals surface area (Å²) in [5.74, 6) is 0.696. The zero-order valence-corrected chi connectivity index (χ0v) is 12.2. The van der Waals surface area contributed by atoms with Gasteiger partial charge in [0.05, 0.1) is 11.7 Å². The fourth-order valence-electron chi connectivity index (χ4n) is 1.94. The molecule has 2 aromatic rings. The van der Waals surface area contributed by atoms with Gasteiger partial charge in [-0.1, -0.05) is 48.4 Å². The molecule has 1 heterocycles. The number of halogens is 1. The number of hydrogen-bond donors (Lipinski definition) is 1. The molecule has 0 fully saturated rings. The molecule has 0 radical (unpaired) electrons. The Balaban J connectivity index is 2.24. The maximum atomic E-state index is 6.22. The predicted molar refractivity (Wildman–Crippen MR) is 79.6 cm³/mol. The summed E-state index contributed by atoms with van der Waals surface area (Å²) in [7, 11) is 0. The number of rotatable bonds is 4. The van der Waals surface area contributed by atoms with E-state index in [9.17, 15) is 0 Å². The molecule has 0 aliphatic heterocycles. The molecule has 2 rings (SSSR count). The number of anilines is 1. The first kappa shape index (κ1) is 13.8. The number of aryl methyl sites for hydroxylation is 2. The molecule has 1 N–H and O–H groups in total. The van der Waals surface area contributed by atoms with E-state index in [1.54, 1.807) is 0 Å². The lowest BCUT2D eigenvalue weighted by molar-refractivity contribution is 0.743. The van der Waals surface area contributed by atoms with Crippen LogP contribution in [0.3, 0.4) is 0 Å². The zero-order chi connectivity index (χ0) is 13.8. The first-order valence-corrected chi connectivity index (χ1v) is 6.79. The van der Waals surface area contributed by atoms with Crippen molar-refractivity contribution in [3.63, 3.8) is 0 Å². The fraction of sp³-hybridized carbons (Fsp3) is 0.333. The van der Waals surface area contributed by atoms with E-state index in [2.05, 4.69) is 53.4 Å². The molecular weight excluding hydrogens is 258 g/mol. The Bertz CT molecular complexity index is 552. The van der Waals surface area contributed by atoms with Crippen molar-refractivity contribution >= 4 is 17.4 Å². The Morgan fingerprint density at radius 1 is 1.16 bits per heavy atom. The maximum absolute atomic E-state index is 6.22. The van der Waals surface area contributed by atoms with Crippen LogP contribution in [0.1, 0.15) is 36.2 Å². The summed E-state index contributed by atoms with van der Waals surface area (Å²) in [4.78, 5) is 8.29. The number of hydrogen-bond acceptors (Lipinski definition) is 3. The van der Waals surface area contributed by atoms with Crippen LogP contribution in [-0.4, -0.2) is 9.97 Å². The summed E-state index contributed by atoms with van der Waals surface area (Å²) < 4.78 is 0. The summed E-state index contributed by atoms with van der Waals surface area (Å²) in [5, 5.41) is 3.98. The normalized spacial score (nSPS) is 12.2. The predicted octanol–water partition coefficient (Wildman–Crippen LogP) is 4.31. The summed E-state index contributed by atoms with van der Waals surface area (Å²) in [5.41, 5.74) is 3.29. The van der Waals surface area contributed by atoms with Crippen LogP contribution in [0.25, 0.3) is 0 Å². The molecule has 3 nitrogen and oxygen atoms in total. The second-order valence-electron chi connectivity index (χ2n) is 4.64. The van der Waals surface area contributed by atoms with Gasteiger partial charge in [-0.15, -0.1) is 0 Å². The standard InChI is InChI=1S/C15H18ClN3/c1-4-13(12-7-5-10(2)6-8-12)19-15-14(16)11(3)17-9-18-15/h5-9,13H,4H2,1-3H3,(H,17,18,19). The molecule has 1 aromatic carbocycles. The zero-order valence-electron chi connectivity index (χ0n) is 11.4. The third-order valence-electron chi connectivity index (χ3n) is 3.16. The molecule has 1 unspecified atom stereocenters. The highest BCUT2D eigenvalue weighted by Crippen LogP contribution is 2.27. The number of nitrogens with zero attached hydrogens (tertiary/aromatic N) is 2. The van der Waals surface area contributed by atoms with Crippen molar-refractivity contribution in [2.45, 2.75) is 33.2 Å². The molecule has 0 amide bonds. The van der Waals surface area contributed by atoms with Gasteiger partial charge < -0.3 is 5.32 Å². The van der Waals surface area contributed by atoms with Gasteiger partial charge in [-0.05, 0) is 25.8 Å². The monoisotopic (exact) mass is 275 g/mol. The summed E-state index contributed by atoms with van der Waals surface area (Å²) in [6.07, 6.45) is 2.49. The third-order valence-corrected chi connectivity index (χ3v) is 3.62. The number of aromatic nitrogens is 2. The minimum atomic E-state index is 0.201. The van der Waals surface area contributed by atoms with Crippen molar-refractivity contribution in [3.05, 3.63) is 52.4 Å². The minimum Gasteiger partial charge on any atom is -0.362 e. The van der Waals surface area contributed by atoms with Crippen molar-refractivity contribution in [1.82, 2.24) is 9.97 Å². The van der Waals surface area contributed by atoms with Crippen LogP contribution < -0.4 is 5.32 Å². The molecule has 19 heavy (non-hydrogen) atoms. The van der Waals surface area contributed by atoms with Crippen molar-refractivity contribution < 1.29 is 0 Å². The van der Waals surface area contributed by atoms with E-state index in [-0.39, 0.29) is 6.04 Å². The molecule has 0 spiro atoms. The maximum Gasteiger partial charge on any atom is 0.148 e.